The van der Waals surface area contributed by atoms with Gasteiger partial charge in [-0.05, 0) is 111 Å². The molecule has 2 saturated carbocycles. The van der Waals surface area contributed by atoms with Crippen LogP contribution in [0.15, 0.2) is 60.3 Å². The SMILES string of the molecule is CC(=O)/C(C)=C/c1ccc2nc(C3(NC(=O)c4ccc5c(C6CCC(F)(F)CC6)c(-c6ccc(F)cn6)n(C)c5c4)CCC3)n(C)c2c1. The number of Topliss-reactive ketones (excluding diaryl/α,β-unsaturated/α-hetero) is 1. The molecule has 5 aromatic rings. The molecule has 1 amide bonds. The third-order valence-electron chi connectivity index (χ3n) is 10.4. The standard InChI is InChI=1S/C38H38F3N5O2/c1-22(23(2)47)18-24-6-10-29-32(19-24)46(4)36(43-29)37(14-5-15-37)44-35(48)26-7-9-28-31(20-26)45(3)34(30-11-8-27(39)21-42-30)33(28)25-12-16-38(40,41)17-13-25/h6-11,18-21,25H,5,12-17H2,1-4H3,(H,44,48)/b22-18+. The van der Waals surface area contributed by atoms with E-state index in [1.165, 1.54) is 6.07 Å². The molecule has 0 spiro atoms. The van der Waals surface area contributed by atoms with E-state index in [4.69, 9.17) is 4.98 Å². The van der Waals surface area contributed by atoms with Gasteiger partial charge in [-0.25, -0.2) is 18.2 Å². The van der Waals surface area contributed by atoms with Crippen LogP contribution in [0, 0.1) is 5.82 Å². The molecule has 2 aromatic carbocycles. The Morgan fingerprint density at radius 1 is 0.938 bits per heavy atom. The minimum absolute atomic E-state index is 0.0173. The molecule has 2 fully saturated rings. The van der Waals surface area contributed by atoms with E-state index in [1.54, 1.807) is 26.0 Å². The maximum absolute atomic E-state index is 14.2. The normalized spacial score (nSPS) is 17.9. The number of aromatic nitrogens is 4. The van der Waals surface area contributed by atoms with Gasteiger partial charge in [-0.2, -0.15) is 0 Å². The van der Waals surface area contributed by atoms with E-state index in [0.29, 0.717) is 29.7 Å². The maximum Gasteiger partial charge on any atom is 0.252 e. The van der Waals surface area contributed by atoms with Gasteiger partial charge < -0.3 is 14.5 Å². The molecule has 0 saturated heterocycles. The second kappa shape index (κ2) is 11.8. The number of nitrogens with one attached hydrogen (secondary N) is 1. The lowest BCUT2D eigenvalue weighted by Gasteiger charge is -2.41. The van der Waals surface area contributed by atoms with Gasteiger partial charge in [0.2, 0.25) is 5.92 Å². The number of ketones is 1. The molecule has 3 heterocycles. The van der Waals surface area contributed by atoms with Crippen LogP contribution in [0.2, 0.25) is 0 Å². The van der Waals surface area contributed by atoms with Crippen molar-refractivity contribution in [1.82, 2.24) is 24.4 Å². The molecule has 7 rings (SSSR count). The van der Waals surface area contributed by atoms with E-state index in [0.717, 1.165) is 70.0 Å². The number of carbonyl (C=O) groups excluding carboxylic acids is 2. The van der Waals surface area contributed by atoms with Crippen LogP contribution in [-0.2, 0) is 24.4 Å². The number of nitrogens with zero attached hydrogens (tertiary/aromatic N) is 4. The molecule has 2 aliphatic carbocycles. The Morgan fingerprint density at radius 2 is 1.69 bits per heavy atom. The number of rotatable bonds is 7. The van der Waals surface area contributed by atoms with Crippen molar-refractivity contribution >= 4 is 39.7 Å². The van der Waals surface area contributed by atoms with Crippen molar-refractivity contribution in [3.8, 4) is 11.4 Å². The predicted molar refractivity (Wildman–Crippen MR) is 180 cm³/mol. The molecule has 0 aliphatic heterocycles. The zero-order valence-corrected chi connectivity index (χ0v) is 27.5. The zero-order chi connectivity index (χ0) is 34.0. The second-order valence-electron chi connectivity index (χ2n) is 13.6. The molecule has 2 aliphatic rings. The highest BCUT2D eigenvalue weighted by Crippen LogP contribution is 2.47. The first kappa shape index (κ1) is 31.8. The van der Waals surface area contributed by atoms with Crippen LogP contribution in [0.3, 0.4) is 0 Å². The van der Waals surface area contributed by atoms with E-state index >= 15 is 0 Å². The fourth-order valence-electron chi connectivity index (χ4n) is 7.48. The number of imidazole rings is 1. The lowest BCUT2D eigenvalue weighted by atomic mass is 9.75. The van der Waals surface area contributed by atoms with Gasteiger partial charge in [0.15, 0.2) is 5.78 Å². The van der Waals surface area contributed by atoms with Crippen molar-refractivity contribution in [3.63, 3.8) is 0 Å². The number of hydrogen-bond donors (Lipinski definition) is 1. The molecule has 0 atom stereocenters. The van der Waals surface area contributed by atoms with Crippen molar-refractivity contribution in [2.75, 3.05) is 0 Å². The first-order chi connectivity index (χ1) is 22.9. The summed E-state index contributed by atoms with van der Waals surface area (Å²) in [6, 6.07) is 14.4. The topological polar surface area (TPSA) is 81.8 Å². The summed E-state index contributed by atoms with van der Waals surface area (Å²) in [6.45, 7) is 3.34. The summed E-state index contributed by atoms with van der Waals surface area (Å²) in [5.74, 6) is -2.68. The smallest absolute Gasteiger partial charge is 0.252 e. The molecule has 3 aromatic heterocycles. The average molecular weight is 654 g/mol. The van der Waals surface area contributed by atoms with Crippen LogP contribution in [0.4, 0.5) is 13.2 Å². The fourth-order valence-corrected chi connectivity index (χ4v) is 7.48. The van der Waals surface area contributed by atoms with Gasteiger partial charge in [0.05, 0.1) is 34.2 Å². The molecule has 7 nitrogen and oxygen atoms in total. The Bertz CT molecular complexity index is 2110. The maximum atomic E-state index is 14.2. The van der Waals surface area contributed by atoms with Gasteiger partial charge >= 0.3 is 0 Å². The number of benzene rings is 2. The number of aryl methyl sites for hydroxylation is 2. The number of amides is 1. The number of carbonyl (C=O) groups is 2. The second-order valence-corrected chi connectivity index (χ2v) is 13.6. The molecule has 0 unspecified atom stereocenters. The number of halogens is 3. The van der Waals surface area contributed by atoms with Gasteiger partial charge in [0, 0.05) is 43.4 Å². The Hall–Kier alpha value is -4.73. The minimum Gasteiger partial charge on any atom is -0.342 e. The van der Waals surface area contributed by atoms with E-state index < -0.39 is 17.3 Å². The molecule has 0 bridgehead atoms. The van der Waals surface area contributed by atoms with Gasteiger partial charge in [0.1, 0.15) is 11.6 Å². The molecular weight excluding hydrogens is 615 g/mol. The van der Waals surface area contributed by atoms with Crippen LogP contribution in [0.5, 0.6) is 0 Å². The highest BCUT2D eigenvalue weighted by Gasteiger charge is 2.44. The monoisotopic (exact) mass is 653 g/mol. The van der Waals surface area contributed by atoms with Gasteiger partial charge in [-0.1, -0.05) is 12.1 Å². The van der Waals surface area contributed by atoms with Gasteiger partial charge in [-0.15, -0.1) is 0 Å². The number of allylic oxidation sites excluding steroid dienone is 1. The van der Waals surface area contributed by atoms with Crippen molar-refractivity contribution in [2.45, 2.75) is 76.2 Å². The van der Waals surface area contributed by atoms with E-state index in [-0.39, 0.29) is 30.4 Å². The number of fused-ring (bicyclic) bond motifs is 2. The number of pyridine rings is 1. The van der Waals surface area contributed by atoms with Crippen LogP contribution in [0.1, 0.15) is 92.0 Å². The summed E-state index contributed by atoms with van der Waals surface area (Å²) in [7, 11) is 3.82. The number of alkyl halides is 2. The van der Waals surface area contributed by atoms with Crippen molar-refractivity contribution in [1.29, 1.82) is 0 Å². The molecular formula is C38H38F3N5O2. The zero-order valence-electron chi connectivity index (χ0n) is 27.5. The Labute approximate surface area is 276 Å². The lowest BCUT2D eigenvalue weighted by Crippen LogP contribution is -2.52. The molecule has 1 N–H and O–H groups in total. The Morgan fingerprint density at radius 3 is 2.33 bits per heavy atom. The van der Waals surface area contributed by atoms with E-state index in [9.17, 15) is 22.8 Å². The summed E-state index contributed by atoms with van der Waals surface area (Å²) in [4.78, 5) is 35.1. The quantitative estimate of drug-likeness (QED) is 0.179. The van der Waals surface area contributed by atoms with Crippen LogP contribution < -0.4 is 5.32 Å². The van der Waals surface area contributed by atoms with Gasteiger partial charge in [-0.3, -0.25) is 14.6 Å². The van der Waals surface area contributed by atoms with E-state index in [2.05, 4.69) is 10.3 Å². The van der Waals surface area contributed by atoms with Crippen molar-refractivity contribution in [3.05, 3.63) is 88.6 Å². The first-order valence-corrected chi connectivity index (χ1v) is 16.5. The number of hydrogen-bond acceptors (Lipinski definition) is 4. The molecule has 10 heteroatoms. The summed E-state index contributed by atoms with van der Waals surface area (Å²) in [5.41, 5.74) is 6.13. The first-order valence-electron chi connectivity index (χ1n) is 16.5. The summed E-state index contributed by atoms with van der Waals surface area (Å²) in [5, 5.41) is 4.20. The fraction of sp³-hybridized carbons (Fsp3) is 0.368. The largest absolute Gasteiger partial charge is 0.342 e. The van der Waals surface area contributed by atoms with E-state index in [1.807, 2.05) is 59.6 Å². The van der Waals surface area contributed by atoms with Crippen LogP contribution >= 0.6 is 0 Å². The molecule has 248 valence electrons. The summed E-state index contributed by atoms with van der Waals surface area (Å²) >= 11 is 0. The van der Waals surface area contributed by atoms with Crippen LogP contribution in [0.25, 0.3) is 39.4 Å². The predicted octanol–water partition coefficient (Wildman–Crippen LogP) is 8.36. The summed E-state index contributed by atoms with van der Waals surface area (Å²) in [6.07, 6.45) is 5.75. The third-order valence-corrected chi connectivity index (χ3v) is 10.4. The minimum atomic E-state index is -2.68. The van der Waals surface area contributed by atoms with Gasteiger partial charge in [0.25, 0.3) is 5.91 Å². The Kier molecular flexibility index (Phi) is 7.80. The Balaban J connectivity index is 1.24. The van der Waals surface area contributed by atoms with Crippen molar-refractivity contribution < 1.29 is 22.8 Å². The highest BCUT2D eigenvalue weighted by molar-refractivity contribution is 6.01. The highest BCUT2D eigenvalue weighted by atomic mass is 19.3. The third kappa shape index (κ3) is 5.50. The molecule has 0 radical (unpaired) electrons. The molecule has 48 heavy (non-hydrogen) atoms. The average Bonchev–Trinajstić information content (AvgIpc) is 3.52. The summed E-state index contributed by atoms with van der Waals surface area (Å²) < 4.78 is 46.1. The lowest BCUT2D eigenvalue weighted by molar-refractivity contribution is -0.113. The van der Waals surface area contributed by atoms with Crippen molar-refractivity contribution in [2.24, 2.45) is 14.1 Å². The van der Waals surface area contributed by atoms with Crippen LogP contribution in [-0.4, -0.2) is 36.7 Å².